The van der Waals surface area contributed by atoms with Crippen molar-refractivity contribution in [3.8, 4) is 11.5 Å². The number of ether oxygens (including phenoxy) is 2. The van der Waals surface area contributed by atoms with Gasteiger partial charge in [-0.2, -0.15) is 0 Å². The van der Waals surface area contributed by atoms with Crippen LogP contribution in [0.4, 0.5) is 5.69 Å². The molecule has 2 aromatic carbocycles. The number of carboxylic acids is 1. The van der Waals surface area contributed by atoms with E-state index in [1.54, 1.807) is 20.3 Å². The van der Waals surface area contributed by atoms with Crippen molar-refractivity contribution in [3.05, 3.63) is 52.5 Å². The molecule has 2 N–H and O–H groups in total. The van der Waals surface area contributed by atoms with Crippen molar-refractivity contribution < 1.29 is 19.4 Å². The van der Waals surface area contributed by atoms with E-state index >= 15 is 0 Å². The average molecular weight is 424 g/mol. The Morgan fingerprint density at radius 1 is 1.26 bits per heavy atom. The first-order valence-electron chi connectivity index (χ1n) is 8.13. The van der Waals surface area contributed by atoms with Crippen LogP contribution in [-0.4, -0.2) is 35.5 Å². The Balaban J connectivity index is 2.21. The third-order valence-electron chi connectivity index (χ3n) is 4.23. The highest BCUT2D eigenvalue weighted by Gasteiger charge is 2.34. The molecule has 2 aromatic rings. The van der Waals surface area contributed by atoms with E-state index in [1.807, 2.05) is 30.3 Å². The molecule has 2 atom stereocenters. The molecule has 8 heteroatoms. The van der Waals surface area contributed by atoms with E-state index in [0.717, 1.165) is 16.8 Å². The molecular formula is C19H18ClNO4S2. The van der Waals surface area contributed by atoms with E-state index in [-0.39, 0.29) is 11.7 Å². The van der Waals surface area contributed by atoms with Gasteiger partial charge < -0.3 is 19.9 Å². The van der Waals surface area contributed by atoms with Gasteiger partial charge in [0.15, 0.2) is 0 Å². The Hall–Kier alpha value is -1.96. The minimum atomic E-state index is -0.911. The van der Waals surface area contributed by atoms with E-state index < -0.39 is 11.2 Å². The van der Waals surface area contributed by atoms with Gasteiger partial charge in [0, 0.05) is 10.7 Å². The van der Waals surface area contributed by atoms with Gasteiger partial charge in [-0.25, -0.2) is 0 Å². The molecule has 142 valence electrons. The third-order valence-corrected chi connectivity index (χ3v) is 6.50. The number of thioether (sulfide) groups is 1. The number of aliphatic carboxylic acids is 1. The second-order valence-corrected chi connectivity index (χ2v) is 8.09. The number of rotatable bonds is 5. The predicted octanol–water partition coefficient (Wildman–Crippen LogP) is 4.78. The van der Waals surface area contributed by atoms with Crippen molar-refractivity contribution in [1.82, 2.24) is 0 Å². The molecule has 5 nitrogen and oxygen atoms in total. The van der Waals surface area contributed by atoms with Gasteiger partial charge in [-0.1, -0.05) is 29.9 Å². The van der Waals surface area contributed by atoms with Gasteiger partial charge in [0.2, 0.25) is 0 Å². The highest BCUT2D eigenvalue weighted by atomic mass is 35.5. The number of nitrogens with one attached hydrogen (secondary N) is 1. The largest absolute Gasteiger partial charge is 0.496 e. The molecule has 0 aromatic heterocycles. The van der Waals surface area contributed by atoms with Crippen molar-refractivity contribution >= 4 is 52.2 Å². The SMILES string of the molecule is COc1cccc(OC)c1C1SC(CC(=O)O)C(=S)Nc2ccc(Cl)cc21. The average Bonchev–Trinajstić information content (AvgIpc) is 2.77. The molecule has 2 unspecified atom stereocenters. The molecule has 0 aliphatic carbocycles. The second-order valence-electron chi connectivity index (χ2n) is 5.90. The molecule has 0 bridgehead atoms. The number of carboxylic acid groups (broad SMARTS) is 1. The van der Waals surface area contributed by atoms with Gasteiger partial charge in [0.05, 0.1) is 41.7 Å². The Labute approximate surface area is 172 Å². The lowest BCUT2D eigenvalue weighted by Gasteiger charge is -2.24. The fourth-order valence-electron chi connectivity index (χ4n) is 3.04. The summed E-state index contributed by atoms with van der Waals surface area (Å²) < 4.78 is 11.1. The van der Waals surface area contributed by atoms with Gasteiger partial charge >= 0.3 is 5.97 Å². The summed E-state index contributed by atoms with van der Waals surface area (Å²) in [7, 11) is 3.19. The first kappa shape index (κ1) is 19.8. The van der Waals surface area contributed by atoms with E-state index in [9.17, 15) is 9.90 Å². The number of benzene rings is 2. The summed E-state index contributed by atoms with van der Waals surface area (Å²) in [4.78, 5) is 11.8. The van der Waals surface area contributed by atoms with E-state index in [2.05, 4.69) is 5.32 Å². The lowest BCUT2D eigenvalue weighted by Crippen LogP contribution is -2.24. The smallest absolute Gasteiger partial charge is 0.304 e. The molecule has 0 spiro atoms. The summed E-state index contributed by atoms with van der Waals surface area (Å²) >= 11 is 13.2. The Kier molecular flexibility index (Phi) is 6.14. The van der Waals surface area contributed by atoms with Crippen molar-refractivity contribution in [3.63, 3.8) is 0 Å². The monoisotopic (exact) mass is 423 g/mol. The first-order valence-corrected chi connectivity index (χ1v) is 9.86. The molecule has 1 aliphatic rings. The van der Waals surface area contributed by atoms with Crippen LogP contribution in [0, 0.1) is 0 Å². The fourth-order valence-corrected chi connectivity index (χ4v) is 5.04. The molecule has 27 heavy (non-hydrogen) atoms. The van der Waals surface area contributed by atoms with Crippen LogP contribution >= 0.6 is 35.6 Å². The molecule has 0 fully saturated rings. The van der Waals surface area contributed by atoms with E-state index in [1.165, 1.54) is 11.8 Å². The van der Waals surface area contributed by atoms with Crippen molar-refractivity contribution in [1.29, 1.82) is 0 Å². The zero-order valence-electron chi connectivity index (χ0n) is 14.7. The highest BCUT2D eigenvalue weighted by molar-refractivity contribution is 8.02. The third kappa shape index (κ3) is 4.15. The number of fused-ring (bicyclic) bond motifs is 1. The lowest BCUT2D eigenvalue weighted by molar-refractivity contribution is -0.136. The van der Waals surface area contributed by atoms with Crippen molar-refractivity contribution in [2.24, 2.45) is 0 Å². The number of hydrogen-bond acceptors (Lipinski definition) is 5. The van der Waals surface area contributed by atoms with Crippen LogP contribution in [0.1, 0.15) is 22.8 Å². The minimum absolute atomic E-state index is 0.0911. The zero-order chi connectivity index (χ0) is 19.6. The van der Waals surface area contributed by atoms with E-state index in [4.69, 9.17) is 33.3 Å². The van der Waals surface area contributed by atoms with Crippen LogP contribution in [0.2, 0.25) is 5.02 Å². The first-order chi connectivity index (χ1) is 12.9. The second kappa shape index (κ2) is 8.37. The van der Waals surface area contributed by atoms with Gasteiger partial charge in [-0.15, -0.1) is 11.8 Å². The van der Waals surface area contributed by atoms with E-state index in [0.29, 0.717) is 21.5 Å². The maximum absolute atomic E-state index is 11.4. The maximum atomic E-state index is 11.4. The van der Waals surface area contributed by atoms with Crippen molar-refractivity contribution in [2.45, 2.75) is 16.9 Å². The molecule has 0 saturated heterocycles. The Morgan fingerprint density at radius 2 is 1.93 bits per heavy atom. The summed E-state index contributed by atoms with van der Waals surface area (Å²) in [5.74, 6) is 0.394. The van der Waals surface area contributed by atoms with Crippen LogP contribution in [0.3, 0.4) is 0 Å². The number of halogens is 1. The van der Waals surface area contributed by atoms with Gasteiger partial charge in [0.1, 0.15) is 11.5 Å². The zero-order valence-corrected chi connectivity index (χ0v) is 17.1. The number of carbonyl (C=O) groups is 1. The topological polar surface area (TPSA) is 67.8 Å². The number of hydrogen-bond donors (Lipinski definition) is 2. The Bertz CT molecular complexity index is 868. The van der Waals surface area contributed by atoms with Crippen LogP contribution in [0.5, 0.6) is 11.5 Å². The standard InChI is InChI=1S/C19H18ClNO4S2/c1-24-13-4-3-5-14(25-2)17(13)18-11-8-10(20)6-7-12(11)21-19(26)15(27-18)9-16(22)23/h3-8,15,18H,9H2,1-2H3,(H,21,26)(H,22,23). The van der Waals surface area contributed by atoms with Crippen LogP contribution in [-0.2, 0) is 4.79 Å². The van der Waals surface area contributed by atoms with Gasteiger partial charge in [-0.05, 0) is 35.9 Å². The summed E-state index contributed by atoms with van der Waals surface area (Å²) in [6, 6.07) is 11.0. The van der Waals surface area contributed by atoms with Gasteiger partial charge in [-0.3, -0.25) is 4.79 Å². The van der Waals surface area contributed by atoms with Crippen LogP contribution in [0.15, 0.2) is 36.4 Å². The summed E-state index contributed by atoms with van der Waals surface area (Å²) in [5.41, 5.74) is 2.51. The molecule has 1 heterocycles. The number of methoxy groups -OCH3 is 2. The van der Waals surface area contributed by atoms with Gasteiger partial charge in [0.25, 0.3) is 0 Å². The van der Waals surface area contributed by atoms with Crippen LogP contribution < -0.4 is 14.8 Å². The molecular weight excluding hydrogens is 406 g/mol. The predicted molar refractivity (Wildman–Crippen MR) is 113 cm³/mol. The summed E-state index contributed by atoms with van der Waals surface area (Å²) in [6.45, 7) is 0. The Morgan fingerprint density at radius 3 is 2.52 bits per heavy atom. The molecule has 1 aliphatic heterocycles. The summed E-state index contributed by atoms with van der Waals surface area (Å²) in [6.07, 6.45) is -0.0911. The minimum Gasteiger partial charge on any atom is -0.496 e. The van der Waals surface area contributed by atoms with Crippen molar-refractivity contribution in [2.75, 3.05) is 19.5 Å². The number of thiocarbonyl (C=S) groups is 1. The lowest BCUT2D eigenvalue weighted by atomic mass is 10.0. The fraction of sp³-hybridized carbons (Fsp3) is 0.263. The molecule has 3 rings (SSSR count). The number of anilines is 1. The normalized spacial score (nSPS) is 18.9. The van der Waals surface area contributed by atoms with Crippen LogP contribution in [0.25, 0.3) is 0 Å². The summed E-state index contributed by atoms with van der Waals surface area (Å²) in [5, 5.41) is 12.4. The molecule has 0 saturated carbocycles. The quantitative estimate of drug-likeness (QED) is 0.671. The molecule has 0 amide bonds. The highest BCUT2D eigenvalue weighted by Crippen LogP contribution is 2.51. The molecule has 0 radical (unpaired) electrons. The maximum Gasteiger partial charge on any atom is 0.304 e.